The van der Waals surface area contributed by atoms with Crippen LogP contribution in [0.4, 0.5) is 5.69 Å². The largest absolute Gasteiger partial charge is 0.755 e. The molecule has 2 aromatic carbocycles. The summed E-state index contributed by atoms with van der Waals surface area (Å²) in [5.74, 6) is -0.648. The maximum absolute atomic E-state index is 12.2. The summed E-state index contributed by atoms with van der Waals surface area (Å²) in [5, 5.41) is 3.51. The molecule has 0 radical (unpaired) electrons. The van der Waals surface area contributed by atoms with Gasteiger partial charge in [-0.3, -0.25) is 13.8 Å². The Bertz CT molecular complexity index is 909. The molecule has 1 unspecified atom stereocenters. The van der Waals surface area contributed by atoms with E-state index in [4.69, 9.17) is 23.2 Å². The quantitative estimate of drug-likeness (QED) is 0.324. The zero-order chi connectivity index (χ0) is 22.1. The molecule has 0 aromatic heterocycles. The molecule has 10 heteroatoms. The minimum absolute atomic E-state index is 0.162. The van der Waals surface area contributed by atoms with E-state index < -0.39 is 11.3 Å². The van der Waals surface area contributed by atoms with E-state index >= 15 is 0 Å². The number of anilines is 1. The molecule has 162 valence electrons. The predicted molar refractivity (Wildman–Crippen MR) is 116 cm³/mol. The van der Waals surface area contributed by atoms with Crippen LogP contribution in [0.25, 0.3) is 0 Å². The van der Waals surface area contributed by atoms with Gasteiger partial charge in [-0.1, -0.05) is 35.3 Å². The minimum atomic E-state index is -2.51. The molecule has 1 N–H and O–H groups in total. The molecule has 0 saturated carbocycles. The summed E-state index contributed by atoms with van der Waals surface area (Å²) in [5.41, 5.74) is 1.54. The predicted octanol–water partition coefficient (Wildman–Crippen LogP) is 3.52. The smallest absolute Gasteiger partial charge is 0.305 e. The second kappa shape index (κ2) is 11.9. The Morgan fingerprint density at radius 2 is 1.87 bits per heavy atom. The molecule has 1 amide bonds. The number of methoxy groups -OCH3 is 1. The summed E-state index contributed by atoms with van der Waals surface area (Å²) in [6, 6.07) is 11.4. The van der Waals surface area contributed by atoms with Crippen LogP contribution in [-0.4, -0.2) is 40.8 Å². The summed E-state index contributed by atoms with van der Waals surface area (Å²) < 4.78 is 29.1. The molecule has 0 aliphatic heterocycles. The van der Waals surface area contributed by atoms with Crippen molar-refractivity contribution >= 4 is 52.0 Å². The van der Waals surface area contributed by atoms with Crippen molar-refractivity contribution in [3.63, 3.8) is 0 Å². The van der Waals surface area contributed by atoms with E-state index in [2.05, 4.69) is 10.1 Å². The Hall–Kier alpha value is -2.13. The van der Waals surface area contributed by atoms with Gasteiger partial charge in [-0.25, -0.2) is 0 Å². The highest BCUT2D eigenvalue weighted by molar-refractivity contribution is 7.80. The molecule has 0 fully saturated rings. The maximum Gasteiger partial charge on any atom is 0.305 e. The van der Waals surface area contributed by atoms with E-state index in [0.29, 0.717) is 40.7 Å². The number of ether oxygens (including phenoxy) is 1. The molecule has 0 heterocycles. The van der Waals surface area contributed by atoms with E-state index in [1.165, 1.54) is 23.5 Å². The van der Waals surface area contributed by atoms with Crippen molar-refractivity contribution in [2.45, 2.75) is 19.3 Å². The zero-order valence-electron chi connectivity index (χ0n) is 16.2. The van der Waals surface area contributed by atoms with Crippen LogP contribution in [0.3, 0.4) is 0 Å². The van der Waals surface area contributed by atoms with E-state index in [0.717, 1.165) is 5.56 Å². The lowest BCUT2D eigenvalue weighted by atomic mass is 10.1. The van der Waals surface area contributed by atoms with Gasteiger partial charge in [-0.05, 0) is 48.7 Å². The number of carbonyl (C=O) groups excluding carboxylic acids is 2. The van der Waals surface area contributed by atoms with Crippen LogP contribution in [0, 0.1) is 0 Å². The highest BCUT2D eigenvalue weighted by atomic mass is 35.5. The molecule has 0 bridgehead atoms. The van der Waals surface area contributed by atoms with E-state index in [1.807, 2.05) is 0 Å². The molecule has 0 spiro atoms. The third-order valence-electron chi connectivity index (χ3n) is 4.28. The van der Waals surface area contributed by atoms with Gasteiger partial charge in [-0.15, -0.1) is 0 Å². The summed E-state index contributed by atoms with van der Waals surface area (Å²) in [6.07, 6.45) is 1.05. The zero-order valence-corrected chi connectivity index (χ0v) is 18.6. The Morgan fingerprint density at radius 1 is 1.17 bits per heavy atom. The van der Waals surface area contributed by atoms with Crippen LogP contribution in [0.1, 0.15) is 28.8 Å². The van der Waals surface area contributed by atoms with Gasteiger partial charge in [0.25, 0.3) is 5.91 Å². The van der Waals surface area contributed by atoms with Crippen molar-refractivity contribution in [1.82, 2.24) is 5.32 Å². The van der Waals surface area contributed by atoms with Crippen molar-refractivity contribution in [1.29, 1.82) is 0 Å². The molecule has 30 heavy (non-hydrogen) atoms. The fourth-order valence-corrected chi connectivity index (χ4v) is 3.62. The van der Waals surface area contributed by atoms with Crippen LogP contribution in [0.5, 0.6) is 0 Å². The summed E-state index contributed by atoms with van der Waals surface area (Å²) in [6.45, 7) is 0.488. The van der Waals surface area contributed by atoms with Crippen LogP contribution in [0.2, 0.25) is 10.0 Å². The number of nitrogens with one attached hydrogen (secondary N) is 1. The lowest BCUT2D eigenvalue weighted by molar-refractivity contribution is -0.140. The first-order chi connectivity index (χ1) is 14.3. The number of hydrogen-bond donors (Lipinski definition) is 1. The third kappa shape index (κ3) is 6.98. The normalized spacial score (nSPS) is 11.6. The minimum Gasteiger partial charge on any atom is -0.755 e. The number of nitrogens with zero attached hydrogens (tertiary/aromatic N) is 1. The van der Waals surface area contributed by atoms with E-state index in [1.54, 1.807) is 30.3 Å². The van der Waals surface area contributed by atoms with Crippen LogP contribution in [0.15, 0.2) is 42.5 Å². The Labute approximate surface area is 187 Å². The Balaban J connectivity index is 1.97. The van der Waals surface area contributed by atoms with Crippen LogP contribution >= 0.6 is 23.2 Å². The molecular weight excluding hydrogens is 451 g/mol. The maximum atomic E-state index is 12.2. The van der Waals surface area contributed by atoms with Gasteiger partial charge in [0, 0.05) is 42.0 Å². The summed E-state index contributed by atoms with van der Waals surface area (Å²) in [7, 11) is 1.31. The van der Waals surface area contributed by atoms with E-state index in [9.17, 15) is 18.4 Å². The second-order valence-corrected chi connectivity index (χ2v) is 7.92. The van der Waals surface area contributed by atoms with Crippen molar-refractivity contribution < 1.29 is 23.1 Å². The van der Waals surface area contributed by atoms with Gasteiger partial charge in [-0.2, -0.15) is 0 Å². The summed E-state index contributed by atoms with van der Waals surface area (Å²) >= 11 is 9.65. The Kier molecular flexibility index (Phi) is 9.58. The number of benzene rings is 2. The molecule has 0 aliphatic rings. The van der Waals surface area contributed by atoms with Crippen LogP contribution < -0.4 is 9.62 Å². The second-order valence-electron chi connectivity index (χ2n) is 6.26. The molecular formula is C20H21Cl2N2O5S-. The number of halogens is 2. The van der Waals surface area contributed by atoms with Gasteiger partial charge >= 0.3 is 5.97 Å². The summed E-state index contributed by atoms with van der Waals surface area (Å²) in [4.78, 5) is 23.2. The molecule has 2 aromatic rings. The first-order valence-corrected chi connectivity index (χ1v) is 10.9. The average molecular weight is 472 g/mol. The van der Waals surface area contributed by atoms with Gasteiger partial charge < -0.3 is 18.9 Å². The van der Waals surface area contributed by atoms with Gasteiger partial charge in [0.2, 0.25) is 0 Å². The molecule has 0 saturated heterocycles. The molecule has 0 aliphatic carbocycles. The molecule has 2 rings (SSSR count). The standard InChI is InChI=1S/C20H22Cl2N2O5S/c1-29-18(25)6-3-12-23-20(26)15-7-9-16(10-8-15)24(30(27)28)13-11-14-4-2-5-17(21)19(14)22/h2,4-5,7-10H,3,6,11-13H2,1H3,(H,23,26)(H,27,28)/p-1. The van der Waals surface area contributed by atoms with Crippen LogP contribution in [-0.2, 0) is 27.2 Å². The molecule has 7 nitrogen and oxygen atoms in total. The first kappa shape index (κ1) is 24.1. The lowest BCUT2D eigenvalue weighted by Crippen LogP contribution is -2.28. The SMILES string of the molecule is COC(=O)CCCNC(=O)c1ccc(N(CCc2cccc(Cl)c2Cl)S(=O)[O-])cc1. The number of esters is 1. The van der Waals surface area contributed by atoms with Crippen molar-refractivity contribution in [3.05, 3.63) is 63.6 Å². The lowest BCUT2D eigenvalue weighted by Gasteiger charge is -2.26. The highest BCUT2D eigenvalue weighted by Gasteiger charge is 2.12. The fraction of sp³-hybridized carbons (Fsp3) is 0.300. The molecule has 1 atom stereocenters. The fourth-order valence-electron chi connectivity index (χ4n) is 2.67. The van der Waals surface area contributed by atoms with Crippen molar-refractivity contribution in [2.24, 2.45) is 0 Å². The van der Waals surface area contributed by atoms with Gasteiger partial charge in [0.05, 0.1) is 17.2 Å². The van der Waals surface area contributed by atoms with E-state index in [-0.39, 0.29) is 24.8 Å². The van der Waals surface area contributed by atoms with Gasteiger partial charge in [0.1, 0.15) is 0 Å². The monoisotopic (exact) mass is 471 g/mol. The number of hydrogen-bond acceptors (Lipinski definition) is 5. The number of amides is 1. The first-order valence-electron chi connectivity index (χ1n) is 9.08. The van der Waals surface area contributed by atoms with Gasteiger partial charge in [0.15, 0.2) is 0 Å². The third-order valence-corrected chi connectivity index (χ3v) is 5.90. The highest BCUT2D eigenvalue weighted by Crippen LogP contribution is 2.26. The Morgan fingerprint density at radius 3 is 2.50 bits per heavy atom. The van der Waals surface area contributed by atoms with Crippen molar-refractivity contribution in [2.75, 3.05) is 24.5 Å². The average Bonchev–Trinajstić information content (AvgIpc) is 2.74. The number of rotatable bonds is 10. The van der Waals surface area contributed by atoms with Crippen molar-refractivity contribution in [3.8, 4) is 0 Å². The topological polar surface area (TPSA) is 98.8 Å². The number of carbonyl (C=O) groups is 2.